The Hall–Kier alpha value is -4.20. The highest BCUT2D eigenvalue weighted by Gasteiger charge is 2.43. The van der Waals surface area contributed by atoms with E-state index >= 15 is 0 Å². The van der Waals surface area contributed by atoms with Gasteiger partial charge < -0.3 is 23.9 Å². The average molecular weight is 488 g/mol. The summed E-state index contributed by atoms with van der Waals surface area (Å²) < 4.78 is 17.2. The van der Waals surface area contributed by atoms with Crippen LogP contribution in [0.1, 0.15) is 58.4 Å². The van der Waals surface area contributed by atoms with Crippen molar-refractivity contribution in [3.63, 3.8) is 0 Å². The maximum atomic E-state index is 13.6. The molecule has 0 aliphatic carbocycles. The number of benzene rings is 2. The van der Waals surface area contributed by atoms with Crippen LogP contribution in [-0.2, 0) is 6.54 Å². The van der Waals surface area contributed by atoms with Gasteiger partial charge in [0.2, 0.25) is 0 Å². The van der Waals surface area contributed by atoms with E-state index < -0.39 is 6.04 Å². The zero-order valence-corrected chi connectivity index (χ0v) is 20.8. The zero-order chi connectivity index (χ0) is 25.4. The summed E-state index contributed by atoms with van der Waals surface area (Å²) in [5, 5.41) is 18.3. The van der Waals surface area contributed by atoms with Crippen molar-refractivity contribution >= 4 is 5.91 Å². The molecule has 36 heavy (non-hydrogen) atoms. The number of phenols is 1. The molecule has 8 heteroatoms. The first kappa shape index (κ1) is 23.5. The normalized spacial score (nSPS) is 14.8. The summed E-state index contributed by atoms with van der Waals surface area (Å²) in [5.74, 6) is 1.85. The van der Waals surface area contributed by atoms with Crippen molar-refractivity contribution < 1.29 is 23.8 Å². The number of hydrogen-bond acceptors (Lipinski definition) is 6. The van der Waals surface area contributed by atoms with Gasteiger partial charge in [0, 0.05) is 11.1 Å². The molecule has 0 saturated carbocycles. The number of fused-ring (bicyclic) bond motifs is 1. The van der Waals surface area contributed by atoms with Gasteiger partial charge in [-0.1, -0.05) is 12.1 Å². The quantitative estimate of drug-likeness (QED) is 0.339. The number of H-pyrrole nitrogens is 1. The summed E-state index contributed by atoms with van der Waals surface area (Å²) in [6.45, 7) is 8.95. The van der Waals surface area contributed by atoms with E-state index in [4.69, 9.17) is 13.9 Å². The Labute approximate surface area is 209 Å². The average Bonchev–Trinajstić information content (AvgIpc) is 3.55. The molecule has 0 spiro atoms. The number of phenolic OH excluding ortho intramolecular Hbond substituents is 1. The minimum atomic E-state index is -0.485. The lowest BCUT2D eigenvalue weighted by Gasteiger charge is -2.26. The molecule has 2 aromatic carbocycles. The lowest BCUT2D eigenvalue weighted by Crippen LogP contribution is -2.29. The van der Waals surface area contributed by atoms with Crippen LogP contribution in [0.15, 0.2) is 53.1 Å². The van der Waals surface area contributed by atoms with Crippen molar-refractivity contribution in [2.45, 2.75) is 40.3 Å². The number of furan rings is 1. The number of aromatic hydroxyl groups is 1. The molecule has 3 heterocycles. The smallest absolute Gasteiger partial charge is 0.273 e. The van der Waals surface area contributed by atoms with Gasteiger partial charge in [-0.3, -0.25) is 9.89 Å². The van der Waals surface area contributed by atoms with E-state index in [2.05, 4.69) is 10.2 Å². The van der Waals surface area contributed by atoms with Crippen LogP contribution < -0.4 is 9.47 Å². The summed E-state index contributed by atoms with van der Waals surface area (Å²) in [7, 11) is 0. The monoisotopic (exact) mass is 487 g/mol. The first-order valence-electron chi connectivity index (χ1n) is 12.0. The number of amides is 1. The topological polar surface area (TPSA) is 101 Å². The van der Waals surface area contributed by atoms with E-state index in [0.717, 1.165) is 16.7 Å². The Morgan fingerprint density at radius 1 is 1.08 bits per heavy atom. The largest absolute Gasteiger partial charge is 0.507 e. The molecule has 0 fully saturated rings. The molecule has 1 atom stereocenters. The molecule has 5 rings (SSSR count). The van der Waals surface area contributed by atoms with Crippen molar-refractivity contribution in [1.82, 2.24) is 15.1 Å². The standard InChI is InChI=1S/C28H29N3O5/c1-5-34-21-10-9-18(14-22(21)35-6-2)27-24-25(23-17(4)12-16(3)13-20(23)32)29-30-26(24)28(33)31(27)15-19-8-7-11-36-19/h7-14,27,32H,5-6,15H2,1-4H3,(H,29,30). The molecule has 1 amide bonds. The number of nitrogens with zero attached hydrogens (tertiary/aromatic N) is 2. The highest BCUT2D eigenvalue weighted by Crippen LogP contribution is 2.47. The third kappa shape index (κ3) is 3.98. The van der Waals surface area contributed by atoms with Crippen molar-refractivity contribution in [2.24, 2.45) is 0 Å². The van der Waals surface area contributed by atoms with E-state index in [1.807, 2.05) is 58.0 Å². The second kappa shape index (κ2) is 9.45. The van der Waals surface area contributed by atoms with Crippen LogP contribution in [0.3, 0.4) is 0 Å². The lowest BCUT2D eigenvalue weighted by molar-refractivity contribution is 0.0716. The number of carbonyl (C=O) groups excluding carboxylic acids is 1. The number of aryl methyl sites for hydroxylation is 2. The molecular formula is C28H29N3O5. The molecule has 1 unspecified atom stereocenters. The predicted octanol–water partition coefficient (Wildman–Crippen LogP) is 5.53. The molecule has 0 radical (unpaired) electrons. The number of hydrogen-bond donors (Lipinski definition) is 2. The van der Waals surface area contributed by atoms with Crippen molar-refractivity contribution in [3.05, 3.63) is 82.4 Å². The number of aromatic nitrogens is 2. The minimum absolute atomic E-state index is 0.124. The molecule has 1 aliphatic heterocycles. The van der Waals surface area contributed by atoms with Crippen LogP contribution in [0.5, 0.6) is 17.2 Å². The van der Waals surface area contributed by atoms with Crippen LogP contribution >= 0.6 is 0 Å². The third-order valence-corrected chi connectivity index (χ3v) is 6.35. The number of nitrogens with one attached hydrogen (secondary N) is 1. The van der Waals surface area contributed by atoms with Gasteiger partial charge >= 0.3 is 0 Å². The van der Waals surface area contributed by atoms with Gasteiger partial charge in [-0.25, -0.2) is 0 Å². The van der Waals surface area contributed by atoms with Gasteiger partial charge in [0.1, 0.15) is 22.9 Å². The first-order chi connectivity index (χ1) is 17.4. The molecule has 0 bridgehead atoms. The highest BCUT2D eigenvalue weighted by molar-refractivity contribution is 6.00. The zero-order valence-electron chi connectivity index (χ0n) is 20.8. The highest BCUT2D eigenvalue weighted by atomic mass is 16.5. The van der Waals surface area contributed by atoms with Gasteiger partial charge in [-0.15, -0.1) is 0 Å². The Morgan fingerprint density at radius 2 is 1.86 bits per heavy atom. The SMILES string of the molecule is CCOc1ccc(C2c3c(-c4c(C)cc(C)cc4O)n[nH]c3C(=O)N2Cc2ccco2)cc1OCC. The third-order valence-electron chi connectivity index (χ3n) is 6.35. The van der Waals surface area contributed by atoms with Gasteiger partial charge in [0.05, 0.1) is 32.1 Å². The number of ether oxygens (including phenoxy) is 2. The van der Waals surface area contributed by atoms with Gasteiger partial charge in [-0.05, 0) is 74.7 Å². The molecule has 0 saturated heterocycles. The Morgan fingerprint density at radius 3 is 2.56 bits per heavy atom. The van der Waals surface area contributed by atoms with E-state index in [1.165, 1.54) is 0 Å². The van der Waals surface area contributed by atoms with Gasteiger partial charge in [-0.2, -0.15) is 5.10 Å². The summed E-state index contributed by atoms with van der Waals surface area (Å²) in [4.78, 5) is 15.4. The lowest BCUT2D eigenvalue weighted by atomic mass is 9.93. The fourth-order valence-corrected chi connectivity index (χ4v) is 4.96. The summed E-state index contributed by atoms with van der Waals surface area (Å²) in [5.41, 5.74) is 4.92. The van der Waals surface area contributed by atoms with Crippen LogP contribution in [0.2, 0.25) is 0 Å². The predicted molar refractivity (Wildman–Crippen MR) is 134 cm³/mol. The van der Waals surface area contributed by atoms with Crippen LogP contribution in [0, 0.1) is 13.8 Å². The molecule has 1 aliphatic rings. The van der Waals surface area contributed by atoms with Crippen molar-refractivity contribution in [3.8, 4) is 28.5 Å². The molecular weight excluding hydrogens is 458 g/mol. The van der Waals surface area contributed by atoms with Crippen LogP contribution in [-0.4, -0.2) is 39.3 Å². The molecule has 2 N–H and O–H groups in total. The fraction of sp³-hybridized carbons (Fsp3) is 0.286. The minimum Gasteiger partial charge on any atom is -0.507 e. The Balaban J connectivity index is 1.69. The number of carbonyl (C=O) groups is 1. The Bertz CT molecular complexity index is 1380. The number of rotatable bonds is 8. The fourth-order valence-electron chi connectivity index (χ4n) is 4.96. The second-order valence-corrected chi connectivity index (χ2v) is 8.82. The van der Waals surface area contributed by atoms with Crippen LogP contribution in [0.25, 0.3) is 11.3 Å². The first-order valence-corrected chi connectivity index (χ1v) is 12.0. The molecule has 8 nitrogen and oxygen atoms in total. The second-order valence-electron chi connectivity index (χ2n) is 8.82. The molecule has 2 aromatic heterocycles. The van der Waals surface area contributed by atoms with E-state index in [-0.39, 0.29) is 18.2 Å². The van der Waals surface area contributed by atoms with E-state index in [9.17, 15) is 9.90 Å². The van der Waals surface area contributed by atoms with E-state index in [1.54, 1.807) is 23.3 Å². The summed E-state index contributed by atoms with van der Waals surface area (Å²) in [6, 6.07) is 12.6. The summed E-state index contributed by atoms with van der Waals surface area (Å²) in [6.07, 6.45) is 1.59. The van der Waals surface area contributed by atoms with Gasteiger partial charge in [0.15, 0.2) is 11.5 Å². The molecule has 4 aromatic rings. The number of aromatic amines is 1. The van der Waals surface area contributed by atoms with Crippen molar-refractivity contribution in [1.29, 1.82) is 0 Å². The van der Waals surface area contributed by atoms with E-state index in [0.29, 0.717) is 53.0 Å². The Kier molecular flexibility index (Phi) is 6.18. The van der Waals surface area contributed by atoms with Crippen LogP contribution in [0.4, 0.5) is 0 Å². The van der Waals surface area contributed by atoms with Gasteiger partial charge in [0.25, 0.3) is 5.91 Å². The molecule has 186 valence electrons. The maximum Gasteiger partial charge on any atom is 0.273 e. The summed E-state index contributed by atoms with van der Waals surface area (Å²) >= 11 is 0. The van der Waals surface area contributed by atoms with Crippen molar-refractivity contribution in [2.75, 3.05) is 13.2 Å². The maximum absolute atomic E-state index is 13.6.